The van der Waals surface area contributed by atoms with Gasteiger partial charge in [0.15, 0.2) is 0 Å². The van der Waals surface area contributed by atoms with Gasteiger partial charge in [-0.05, 0) is 42.7 Å². The number of amides is 2. The number of benzene rings is 1. The molecule has 1 aromatic carbocycles. The lowest BCUT2D eigenvalue weighted by molar-refractivity contribution is 0.0779. The molecule has 1 fully saturated rings. The second kappa shape index (κ2) is 6.29. The van der Waals surface area contributed by atoms with Crippen LogP contribution in [0.25, 0.3) is 10.9 Å². The lowest BCUT2D eigenvalue weighted by Gasteiger charge is -2.16. The van der Waals surface area contributed by atoms with E-state index >= 15 is 0 Å². The molecule has 0 aliphatic heterocycles. The van der Waals surface area contributed by atoms with E-state index in [9.17, 15) is 9.59 Å². The quantitative estimate of drug-likeness (QED) is 0.742. The summed E-state index contributed by atoms with van der Waals surface area (Å²) in [4.78, 5) is 33.8. The first-order chi connectivity index (χ1) is 12.5. The highest BCUT2D eigenvalue weighted by molar-refractivity contribution is 5.98. The highest BCUT2D eigenvalue weighted by Gasteiger charge is 2.31. The van der Waals surface area contributed by atoms with Gasteiger partial charge in [0.2, 0.25) is 5.91 Å². The van der Waals surface area contributed by atoms with Crippen LogP contribution in [0.1, 0.15) is 44.9 Å². The van der Waals surface area contributed by atoms with Crippen molar-refractivity contribution in [1.29, 1.82) is 0 Å². The van der Waals surface area contributed by atoms with Crippen molar-refractivity contribution in [2.45, 2.75) is 25.3 Å². The van der Waals surface area contributed by atoms with Crippen molar-refractivity contribution in [3.8, 4) is 0 Å². The molecule has 2 amide bonds. The molecule has 0 radical (unpaired) electrons. The summed E-state index contributed by atoms with van der Waals surface area (Å²) in [6.07, 6.45) is 4.44. The number of rotatable bonds is 5. The van der Waals surface area contributed by atoms with E-state index in [0.29, 0.717) is 17.7 Å². The number of carbonyl (C=O) groups is 2. The lowest BCUT2D eigenvalue weighted by atomic mass is 10.0. The van der Waals surface area contributed by atoms with E-state index in [1.807, 2.05) is 30.5 Å². The summed E-state index contributed by atoms with van der Waals surface area (Å²) in [5, 5.41) is 1.10. The zero-order chi connectivity index (χ0) is 18.3. The van der Waals surface area contributed by atoms with E-state index in [-0.39, 0.29) is 17.6 Å². The van der Waals surface area contributed by atoms with E-state index < -0.39 is 5.91 Å². The second-order valence-electron chi connectivity index (χ2n) is 6.78. The summed E-state index contributed by atoms with van der Waals surface area (Å²) in [7, 11) is 1.78. The van der Waals surface area contributed by atoms with Gasteiger partial charge in [0.05, 0.1) is 0 Å². The van der Waals surface area contributed by atoms with Crippen LogP contribution in [0.5, 0.6) is 0 Å². The van der Waals surface area contributed by atoms with E-state index in [1.165, 1.54) is 6.07 Å². The van der Waals surface area contributed by atoms with Crippen molar-refractivity contribution >= 4 is 22.7 Å². The van der Waals surface area contributed by atoms with Crippen molar-refractivity contribution in [3.05, 3.63) is 65.1 Å². The number of hydrogen-bond acceptors (Lipinski definition) is 3. The molecule has 4 rings (SSSR count). The molecule has 6 nitrogen and oxygen atoms in total. The number of carbonyl (C=O) groups excluding carboxylic acids is 2. The van der Waals surface area contributed by atoms with Crippen LogP contribution >= 0.6 is 0 Å². The van der Waals surface area contributed by atoms with Gasteiger partial charge in [-0.3, -0.25) is 9.59 Å². The van der Waals surface area contributed by atoms with Crippen LogP contribution < -0.4 is 5.73 Å². The Bertz CT molecular complexity index is 1000. The maximum absolute atomic E-state index is 12.7. The van der Waals surface area contributed by atoms with Crippen LogP contribution in [0, 0.1) is 0 Å². The predicted molar refractivity (Wildman–Crippen MR) is 99.0 cm³/mol. The number of hydrogen-bond donors (Lipinski definition) is 2. The number of nitrogens with zero attached hydrogens (tertiary/aromatic N) is 2. The van der Waals surface area contributed by atoms with Crippen molar-refractivity contribution in [1.82, 2.24) is 14.9 Å². The Balaban J connectivity index is 1.72. The minimum Gasteiger partial charge on any atom is -0.366 e. The van der Waals surface area contributed by atoms with Crippen LogP contribution in [0.15, 0.2) is 42.6 Å². The number of primary amides is 1. The fraction of sp³-hybridized carbons (Fsp3) is 0.250. The molecule has 3 N–H and O–H groups in total. The van der Waals surface area contributed by atoms with Crippen LogP contribution in [0.3, 0.4) is 0 Å². The number of fused-ring (bicyclic) bond motifs is 1. The Morgan fingerprint density at radius 2 is 2.08 bits per heavy atom. The number of aromatic nitrogens is 2. The number of nitrogens with one attached hydrogen (secondary N) is 1. The Morgan fingerprint density at radius 1 is 1.27 bits per heavy atom. The largest absolute Gasteiger partial charge is 0.366 e. The van der Waals surface area contributed by atoms with Gasteiger partial charge in [0.25, 0.3) is 5.91 Å². The van der Waals surface area contributed by atoms with Crippen LogP contribution in [-0.2, 0) is 6.42 Å². The summed E-state index contributed by atoms with van der Waals surface area (Å²) in [6, 6.07) is 11.4. The molecule has 132 valence electrons. The first-order valence-corrected chi connectivity index (χ1v) is 8.66. The van der Waals surface area contributed by atoms with Crippen molar-refractivity contribution in [3.63, 3.8) is 0 Å². The number of H-pyrrole nitrogens is 1. The normalized spacial score (nSPS) is 13.7. The van der Waals surface area contributed by atoms with Gasteiger partial charge in [0, 0.05) is 47.9 Å². The Kier molecular flexibility index (Phi) is 3.95. The number of aromatic amines is 1. The third kappa shape index (κ3) is 3.06. The first-order valence-electron chi connectivity index (χ1n) is 8.66. The minimum absolute atomic E-state index is 0.170. The highest BCUT2D eigenvalue weighted by atomic mass is 16.2. The van der Waals surface area contributed by atoms with E-state index in [1.54, 1.807) is 18.0 Å². The van der Waals surface area contributed by atoms with Crippen molar-refractivity contribution in [2.24, 2.45) is 5.73 Å². The minimum atomic E-state index is -0.559. The maximum atomic E-state index is 12.7. The van der Waals surface area contributed by atoms with Crippen LogP contribution in [0.4, 0.5) is 0 Å². The van der Waals surface area contributed by atoms with Gasteiger partial charge in [-0.1, -0.05) is 12.1 Å². The summed E-state index contributed by atoms with van der Waals surface area (Å²) >= 11 is 0. The third-order valence-corrected chi connectivity index (χ3v) is 4.85. The Hall–Kier alpha value is -3.15. The molecular formula is C20H20N4O2. The van der Waals surface area contributed by atoms with Gasteiger partial charge >= 0.3 is 0 Å². The van der Waals surface area contributed by atoms with E-state index in [2.05, 4.69) is 9.97 Å². The number of nitrogens with two attached hydrogens (primary N) is 1. The zero-order valence-corrected chi connectivity index (χ0v) is 14.5. The molecule has 26 heavy (non-hydrogen) atoms. The van der Waals surface area contributed by atoms with Crippen LogP contribution in [-0.4, -0.2) is 39.8 Å². The molecule has 3 aromatic rings. The smallest absolute Gasteiger partial charge is 0.272 e. The zero-order valence-electron chi connectivity index (χ0n) is 14.5. The summed E-state index contributed by atoms with van der Waals surface area (Å²) in [5.74, 6) is -0.728. The highest BCUT2D eigenvalue weighted by Crippen LogP contribution is 2.27. The SMILES string of the molecule is CN(C(=O)c1cc(C(N)=O)cc(Cc2cccc3[nH]ccc23)n1)C1CC1. The molecule has 0 spiro atoms. The molecule has 1 aliphatic carbocycles. The first kappa shape index (κ1) is 16.3. The molecule has 0 saturated heterocycles. The second-order valence-corrected chi connectivity index (χ2v) is 6.78. The molecular weight excluding hydrogens is 328 g/mol. The molecule has 0 atom stereocenters. The average molecular weight is 348 g/mol. The van der Waals surface area contributed by atoms with Gasteiger partial charge in [-0.15, -0.1) is 0 Å². The van der Waals surface area contributed by atoms with Crippen molar-refractivity contribution < 1.29 is 9.59 Å². The molecule has 1 aliphatic rings. The predicted octanol–water partition coefficient (Wildman–Crippen LogP) is 2.49. The van der Waals surface area contributed by atoms with Gasteiger partial charge in [-0.2, -0.15) is 0 Å². The molecule has 2 heterocycles. The fourth-order valence-corrected chi connectivity index (χ4v) is 3.24. The van der Waals surface area contributed by atoms with Crippen molar-refractivity contribution in [2.75, 3.05) is 7.05 Å². The fourth-order valence-electron chi connectivity index (χ4n) is 3.24. The molecule has 2 aromatic heterocycles. The van der Waals surface area contributed by atoms with Gasteiger partial charge < -0.3 is 15.6 Å². The molecule has 0 bridgehead atoms. The molecule has 6 heteroatoms. The maximum Gasteiger partial charge on any atom is 0.272 e. The van der Waals surface area contributed by atoms with Gasteiger partial charge in [-0.25, -0.2) is 4.98 Å². The summed E-state index contributed by atoms with van der Waals surface area (Å²) in [6.45, 7) is 0. The van der Waals surface area contributed by atoms with E-state index in [4.69, 9.17) is 5.73 Å². The van der Waals surface area contributed by atoms with E-state index in [0.717, 1.165) is 29.3 Å². The Labute approximate surface area is 151 Å². The number of pyridine rings is 1. The standard InChI is InChI=1S/C20H20N4O2/c1-24(15-5-6-15)20(26)18-11-13(19(21)25)10-14(23-18)9-12-3-2-4-17-16(12)7-8-22-17/h2-4,7-8,10-11,15,22H,5-6,9H2,1H3,(H2,21,25). The summed E-state index contributed by atoms with van der Waals surface area (Å²) < 4.78 is 0. The summed E-state index contributed by atoms with van der Waals surface area (Å²) in [5.41, 5.74) is 8.82. The monoisotopic (exact) mass is 348 g/mol. The Morgan fingerprint density at radius 3 is 2.81 bits per heavy atom. The van der Waals surface area contributed by atoms with Crippen LogP contribution in [0.2, 0.25) is 0 Å². The topological polar surface area (TPSA) is 92.1 Å². The third-order valence-electron chi connectivity index (χ3n) is 4.85. The molecule has 0 unspecified atom stereocenters. The average Bonchev–Trinajstić information content (AvgIpc) is 3.37. The van der Waals surface area contributed by atoms with Gasteiger partial charge in [0.1, 0.15) is 5.69 Å². The molecule has 1 saturated carbocycles. The lowest BCUT2D eigenvalue weighted by Crippen LogP contribution is -2.30.